The molecule has 1 fully saturated rings. The Morgan fingerprint density at radius 1 is 1.48 bits per heavy atom. The maximum Gasteiger partial charge on any atom is 0.226 e. The molecule has 2 rings (SSSR count). The van der Waals surface area contributed by atoms with Gasteiger partial charge < -0.3 is 10.1 Å². The molecule has 0 radical (unpaired) electrons. The molecule has 5 heteroatoms. The molecule has 1 aromatic heterocycles. The van der Waals surface area contributed by atoms with Gasteiger partial charge in [0.1, 0.15) is 0 Å². The van der Waals surface area contributed by atoms with Crippen molar-refractivity contribution in [3.63, 3.8) is 0 Å². The van der Waals surface area contributed by atoms with Crippen LogP contribution in [0.3, 0.4) is 0 Å². The molecule has 1 aromatic rings. The molecule has 0 aromatic carbocycles. The van der Waals surface area contributed by atoms with E-state index in [1.807, 2.05) is 5.38 Å². The first kappa shape index (κ1) is 18.4. The Balaban J connectivity index is 1.96. The number of hydrogen-bond donors (Lipinski definition) is 1. The zero-order valence-electron chi connectivity index (χ0n) is 14.8. The third-order valence-corrected chi connectivity index (χ3v) is 5.33. The average molecular weight is 339 g/mol. The van der Waals surface area contributed by atoms with Crippen molar-refractivity contribution in [3.05, 3.63) is 11.6 Å². The fourth-order valence-electron chi connectivity index (χ4n) is 3.43. The largest absolute Gasteiger partial charge is 0.376 e. The SMILES string of the molecule is CC(C)CC[C@@H](CC(=O)Nc1nccs1)[C@H]1CCOC(C)(C)C1. The minimum absolute atomic E-state index is 0.0647. The summed E-state index contributed by atoms with van der Waals surface area (Å²) in [4.78, 5) is 16.5. The second-order valence-electron chi connectivity index (χ2n) is 7.68. The van der Waals surface area contributed by atoms with Crippen molar-refractivity contribution in [2.45, 2.75) is 65.4 Å². The van der Waals surface area contributed by atoms with E-state index in [1.165, 1.54) is 17.8 Å². The topological polar surface area (TPSA) is 51.2 Å². The summed E-state index contributed by atoms with van der Waals surface area (Å²) in [5.41, 5.74) is -0.0647. The second kappa shape index (κ2) is 8.25. The molecule has 23 heavy (non-hydrogen) atoms. The highest BCUT2D eigenvalue weighted by molar-refractivity contribution is 7.13. The highest BCUT2D eigenvalue weighted by atomic mass is 32.1. The van der Waals surface area contributed by atoms with Gasteiger partial charge in [-0.15, -0.1) is 11.3 Å². The lowest BCUT2D eigenvalue weighted by molar-refractivity contribution is -0.119. The minimum atomic E-state index is -0.0647. The summed E-state index contributed by atoms with van der Waals surface area (Å²) < 4.78 is 5.85. The van der Waals surface area contributed by atoms with Crippen molar-refractivity contribution < 1.29 is 9.53 Å². The van der Waals surface area contributed by atoms with Crippen LogP contribution in [0.4, 0.5) is 5.13 Å². The lowest BCUT2D eigenvalue weighted by atomic mass is 9.75. The fraction of sp³-hybridized carbons (Fsp3) is 0.778. The number of thiazole rings is 1. The number of nitrogens with one attached hydrogen (secondary N) is 1. The Kier molecular flexibility index (Phi) is 6.60. The number of hydrogen-bond acceptors (Lipinski definition) is 4. The van der Waals surface area contributed by atoms with Gasteiger partial charge in [-0.05, 0) is 50.9 Å². The van der Waals surface area contributed by atoms with Crippen molar-refractivity contribution in [2.24, 2.45) is 17.8 Å². The first-order chi connectivity index (χ1) is 10.9. The molecule has 1 saturated heterocycles. The van der Waals surface area contributed by atoms with Crippen LogP contribution in [-0.2, 0) is 9.53 Å². The molecule has 0 spiro atoms. The van der Waals surface area contributed by atoms with E-state index in [-0.39, 0.29) is 11.5 Å². The quantitative estimate of drug-likeness (QED) is 0.782. The maximum atomic E-state index is 12.4. The zero-order valence-corrected chi connectivity index (χ0v) is 15.6. The monoisotopic (exact) mass is 338 g/mol. The number of rotatable bonds is 7. The van der Waals surface area contributed by atoms with Gasteiger partial charge in [-0.1, -0.05) is 20.3 Å². The fourth-order valence-corrected chi connectivity index (χ4v) is 3.97. The van der Waals surface area contributed by atoms with Crippen LogP contribution in [0.1, 0.15) is 59.8 Å². The summed E-state index contributed by atoms with van der Waals surface area (Å²) in [5.74, 6) is 1.77. The predicted octanol–water partition coefficient (Wildman–Crippen LogP) is 4.73. The van der Waals surface area contributed by atoms with E-state index in [9.17, 15) is 4.79 Å². The molecule has 0 aliphatic carbocycles. The number of nitrogens with zero attached hydrogens (tertiary/aromatic N) is 1. The molecule has 130 valence electrons. The van der Waals surface area contributed by atoms with Crippen LogP contribution in [0.15, 0.2) is 11.6 Å². The number of carbonyl (C=O) groups excluding carboxylic acids is 1. The van der Waals surface area contributed by atoms with Gasteiger partial charge in [0.15, 0.2) is 5.13 Å². The average Bonchev–Trinajstić information content (AvgIpc) is 2.94. The third-order valence-electron chi connectivity index (χ3n) is 4.64. The molecule has 2 atom stereocenters. The van der Waals surface area contributed by atoms with Crippen LogP contribution in [0.2, 0.25) is 0 Å². The Labute approximate surface area is 144 Å². The lowest BCUT2D eigenvalue weighted by Crippen LogP contribution is -2.37. The van der Waals surface area contributed by atoms with Crippen LogP contribution in [0.25, 0.3) is 0 Å². The van der Waals surface area contributed by atoms with E-state index >= 15 is 0 Å². The van der Waals surface area contributed by atoms with Gasteiger partial charge in [0.05, 0.1) is 5.60 Å². The lowest BCUT2D eigenvalue weighted by Gasteiger charge is -2.39. The van der Waals surface area contributed by atoms with Gasteiger partial charge >= 0.3 is 0 Å². The van der Waals surface area contributed by atoms with Gasteiger partial charge in [0.25, 0.3) is 0 Å². The normalized spacial score (nSPS) is 22.0. The molecule has 1 aliphatic rings. The van der Waals surface area contributed by atoms with E-state index in [0.717, 1.165) is 25.9 Å². The zero-order chi connectivity index (χ0) is 16.9. The molecule has 0 saturated carbocycles. The van der Waals surface area contributed by atoms with Crippen molar-refractivity contribution in [3.8, 4) is 0 Å². The minimum Gasteiger partial charge on any atom is -0.376 e. The smallest absolute Gasteiger partial charge is 0.226 e. The summed E-state index contributed by atoms with van der Waals surface area (Å²) >= 11 is 1.47. The molecule has 1 N–H and O–H groups in total. The van der Waals surface area contributed by atoms with Crippen molar-refractivity contribution in [1.82, 2.24) is 4.98 Å². The van der Waals surface area contributed by atoms with Crippen LogP contribution < -0.4 is 5.32 Å². The third kappa shape index (κ3) is 6.22. The van der Waals surface area contributed by atoms with Crippen molar-refractivity contribution >= 4 is 22.4 Å². The standard InChI is InChI=1S/C18H30N2O2S/c1-13(2)5-6-14(15-7-9-22-18(3,4)12-15)11-16(21)20-17-19-8-10-23-17/h8,10,13-15H,5-7,9,11-12H2,1-4H3,(H,19,20,21)/t14-,15-/m0/s1. The van der Waals surface area contributed by atoms with E-state index in [0.29, 0.717) is 29.3 Å². The number of carbonyl (C=O) groups is 1. The summed E-state index contributed by atoms with van der Waals surface area (Å²) in [7, 11) is 0. The molecule has 2 heterocycles. The highest BCUT2D eigenvalue weighted by Gasteiger charge is 2.34. The van der Waals surface area contributed by atoms with Gasteiger partial charge in [0, 0.05) is 24.6 Å². The van der Waals surface area contributed by atoms with Crippen LogP contribution >= 0.6 is 11.3 Å². The first-order valence-corrected chi connectivity index (χ1v) is 9.57. The number of ether oxygens (including phenoxy) is 1. The van der Waals surface area contributed by atoms with Gasteiger partial charge in [0.2, 0.25) is 5.91 Å². The van der Waals surface area contributed by atoms with E-state index in [1.54, 1.807) is 6.20 Å². The summed E-state index contributed by atoms with van der Waals surface area (Å²) in [6.07, 6.45) is 6.71. The second-order valence-corrected chi connectivity index (χ2v) is 8.58. The van der Waals surface area contributed by atoms with Crippen molar-refractivity contribution in [1.29, 1.82) is 0 Å². The van der Waals surface area contributed by atoms with Gasteiger partial charge in [-0.25, -0.2) is 4.98 Å². The van der Waals surface area contributed by atoms with Gasteiger partial charge in [-0.2, -0.15) is 0 Å². The predicted molar refractivity (Wildman–Crippen MR) is 95.7 cm³/mol. The van der Waals surface area contributed by atoms with Crippen LogP contribution in [-0.4, -0.2) is 23.1 Å². The molecule has 1 aliphatic heterocycles. The highest BCUT2D eigenvalue weighted by Crippen LogP contribution is 2.37. The Morgan fingerprint density at radius 3 is 2.87 bits per heavy atom. The van der Waals surface area contributed by atoms with E-state index in [2.05, 4.69) is 38.0 Å². The molecule has 0 unspecified atom stereocenters. The number of anilines is 1. The van der Waals surface area contributed by atoms with Crippen LogP contribution in [0.5, 0.6) is 0 Å². The number of amides is 1. The van der Waals surface area contributed by atoms with Crippen molar-refractivity contribution in [2.75, 3.05) is 11.9 Å². The maximum absolute atomic E-state index is 12.4. The Morgan fingerprint density at radius 2 is 2.26 bits per heavy atom. The summed E-state index contributed by atoms with van der Waals surface area (Å²) in [6, 6.07) is 0. The van der Waals surface area contributed by atoms with E-state index in [4.69, 9.17) is 4.74 Å². The molecular formula is C18H30N2O2S. The van der Waals surface area contributed by atoms with E-state index < -0.39 is 0 Å². The summed E-state index contributed by atoms with van der Waals surface area (Å²) in [5, 5.41) is 5.52. The molecule has 4 nitrogen and oxygen atoms in total. The van der Waals surface area contributed by atoms with Crippen LogP contribution in [0, 0.1) is 17.8 Å². The first-order valence-electron chi connectivity index (χ1n) is 8.69. The Bertz CT molecular complexity index is 485. The summed E-state index contributed by atoms with van der Waals surface area (Å²) in [6.45, 7) is 9.63. The molecular weight excluding hydrogens is 308 g/mol. The Hall–Kier alpha value is -0.940. The molecule has 0 bridgehead atoms. The molecule has 1 amide bonds. The van der Waals surface area contributed by atoms with Gasteiger partial charge in [-0.3, -0.25) is 4.79 Å². The number of aromatic nitrogens is 1.